The lowest BCUT2D eigenvalue weighted by Crippen LogP contribution is -2.40. The molecule has 0 radical (unpaired) electrons. The maximum atomic E-state index is 13.6. The van der Waals surface area contributed by atoms with Crippen molar-refractivity contribution in [2.75, 3.05) is 32.9 Å². The third-order valence-electron chi connectivity index (χ3n) is 2.92. The van der Waals surface area contributed by atoms with E-state index < -0.39 is 0 Å². The summed E-state index contributed by atoms with van der Waals surface area (Å²) in [5.74, 6) is -0.256. The van der Waals surface area contributed by atoms with Crippen molar-refractivity contribution >= 4 is 0 Å². The molecule has 0 bridgehead atoms. The highest BCUT2D eigenvalue weighted by Crippen LogP contribution is 2.23. The van der Waals surface area contributed by atoms with E-state index >= 15 is 0 Å². The minimum Gasteiger partial charge on any atom is -0.394 e. The van der Waals surface area contributed by atoms with Gasteiger partial charge in [0.1, 0.15) is 5.82 Å². The third-order valence-corrected chi connectivity index (χ3v) is 2.92. The second-order valence-electron chi connectivity index (χ2n) is 3.87. The van der Waals surface area contributed by atoms with Gasteiger partial charge in [-0.2, -0.15) is 0 Å². The Morgan fingerprint density at radius 3 is 2.62 bits per heavy atom. The summed E-state index contributed by atoms with van der Waals surface area (Å²) in [6.45, 7) is 2.69. The van der Waals surface area contributed by atoms with Crippen LogP contribution in [0, 0.1) is 5.82 Å². The number of nitrogens with zero attached hydrogens (tertiary/aromatic N) is 1. The van der Waals surface area contributed by atoms with Crippen molar-refractivity contribution in [3.05, 3.63) is 35.6 Å². The number of halogens is 1. The standard InChI is InChI=1S/C12H16FNO2/c13-11-4-2-1-3-10(11)12(9-15)14-5-7-16-8-6-14/h1-4,12,15H,5-9H2. The molecule has 1 aliphatic rings. The summed E-state index contributed by atoms with van der Waals surface area (Å²) in [5, 5.41) is 9.41. The van der Waals surface area contributed by atoms with Gasteiger partial charge in [-0.1, -0.05) is 18.2 Å². The second kappa shape index (κ2) is 5.39. The van der Waals surface area contributed by atoms with Gasteiger partial charge >= 0.3 is 0 Å². The number of hydrogen-bond acceptors (Lipinski definition) is 3. The molecule has 0 saturated carbocycles. The minimum absolute atomic E-state index is 0.0685. The van der Waals surface area contributed by atoms with Gasteiger partial charge in [-0.25, -0.2) is 4.39 Å². The summed E-state index contributed by atoms with van der Waals surface area (Å²) in [5.41, 5.74) is 0.562. The van der Waals surface area contributed by atoms with Crippen molar-refractivity contribution in [2.24, 2.45) is 0 Å². The van der Waals surface area contributed by atoms with E-state index in [4.69, 9.17) is 4.74 Å². The van der Waals surface area contributed by atoms with Crippen molar-refractivity contribution < 1.29 is 14.2 Å². The zero-order valence-electron chi connectivity index (χ0n) is 9.10. The first-order valence-electron chi connectivity index (χ1n) is 5.50. The molecule has 1 saturated heterocycles. The van der Waals surface area contributed by atoms with Crippen molar-refractivity contribution in [1.29, 1.82) is 0 Å². The fraction of sp³-hybridized carbons (Fsp3) is 0.500. The van der Waals surface area contributed by atoms with Gasteiger partial charge in [-0.15, -0.1) is 0 Å². The maximum absolute atomic E-state index is 13.6. The van der Waals surface area contributed by atoms with Gasteiger partial charge in [0.25, 0.3) is 0 Å². The highest BCUT2D eigenvalue weighted by atomic mass is 19.1. The van der Waals surface area contributed by atoms with E-state index in [-0.39, 0.29) is 18.5 Å². The molecule has 0 amide bonds. The Balaban J connectivity index is 2.18. The van der Waals surface area contributed by atoms with Crippen LogP contribution in [-0.2, 0) is 4.74 Å². The molecule has 1 heterocycles. The van der Waals surface area contributed by atoms with Crippen LogP contribution in [0.1, 0.15) is 11.6 Å². The number of ether oxygens (including phenoxy) is 1. The van der Waals surface area contributed by atoms with Crippen LogP contribution in [0.4, 0.5) is 4.39 Å². The Hall–Kier alpha value is -0.970. The van der Waals surface area contributed by atoms with Crippen LogP contribution in [0.3, 0.4) is 0 Å². The minimum atomic E-state index is -0.259. The van der Waals surface area contributed by atoms with Crippen LogP contribution in [-0.4, -0.2) is 42.9 Å². The molecule has 0 aromatic heterocycles. The van der Waals surface area contributed by atoms with Gasteiger partial charge < -0.3 is 9.84 Å². The van der Waals surface area contributed by atoms with Crippen LogP contribution in [0.25, 0.3) is 0 Å². The van der Waals surface area contributed by atoms with Gasteiger partial charge in [-0.05, 0) is 6.07 Å². The van der Waals surface area contributed by atoms with Gasteiger partial charge in [-0.3, -0.25) is 4.90 Å². The molecule has 16 heavy (non-hydrogen) atoms. The van der Waals surface area contributed by atoms with Crippen molar-refractivity contribution in [1.82, 2.24) is 4.90 Å². The van der Waals surface area contributed by atoms with Crippen LogP contribution in [0.2, 0.25) is 0 Å². The van der Waals surface area contributed by atoms with E-state index in [0.29, 0.717) is 18.8 Å². The third kappa shape index (κ3) is 2.40. The second-order valence-corrected chi connectivity index (χ2v) is 3.87. The average molecular weight is 225 g/mol. The number of benzene rings is 1. The van der Waals surface area contributed by atoms with Crippen LogP contribution >= 0.6 is 0 Å². The average Bonchev–Trinajstić information content (AvgIpc) is 2.34. The summed E-state index contributed by atoms with van der Waals surface area (Å²) in [6.07, 6.45) is 0. The molecule has 1 N–H and O–H groups in total. The largest absolute Gasteiger partial charge is 0.394 e. The number of hydrogen-bond donors (Lipinski definition) is 1. The highest BCUT2D eigenvalue weighted by molar-refractivity contribution is 5.21. The fourth-order valence-corrected chi connectivity index (χ4v) is 2.04. The molecule has 4 heteroatoms. The van der Waals surface area contributed by atoms with Crippen LogP contribution in [0.15, 0.2) is 24.3 Å². The topological polar surface area (TPSA) is 32.7 Å². The molecular formula is C12H16FNO2. The van der Waals surface area contributed by atoms with E-state index in [1.54, 1.807) is 18.2 Å². The summed E-state index contributed by atoms with van der Waals surface area (Å²) < 4.78 is 18.9. The van der Waals surface area contributed by atoms with Crippen LogP contribution < -0.4 is 0 Å². The van der Waals surface area contributed by atoms with Gasteiger partial charge in [0.15, 0.2) is 0 Å². The van der Waals surface area contributed by atoms with Crippen molar-refractivity contribution in [2.45, 2.75) is 6.04 Å². The summed E-state index contributed by atoms with van der Waals surface area (Å²) >= 11 is 0. The Kier molecular flexibility index (Phi) is 3.88. The lowest BCUT2D eigenvalue weighted by Gasteiger charge is -2.33. The molecule has 2 rings (SSSR count). The molecule has 88 valence electrons. The summed E-state index contributed by atoms with van der Waals surface area (Å²) in [7, 11) is 0. The summed E-state index contributed by atoms with van der Waals surface area (Å²) in [6, 6.07) is 6.35. The number of aliphatic hydroxyl groups is 1. The first kappa shape index (κ1) is 11.5. The predicted octanol–water partition coefficient (Wildman–Crippen LogP) is 1.19. The van der Waals surface area contributed by atoms with E-state index in [2.05, 4.69) is 4.90 Å². The quantitative estimate of drug-likeness (QED) is 0.838. The molecule has 1 aromatic rings. The van der Waals surface area contributed by atoms with E-state index in [0.717, 1.165) is 13.1 Å². The van der Waals surface area contributed by atoms with Crippen molar-refractivity contribution in [3.8, 4) is 0 Å². The van der Waals surface area contributed by atoms with Gasteiger partial charge in [0.05, 0.1) is 25.9 Å². The van der Waals surface area contributed by atoms with Crippen LogP contribution in [0.5, 0.6) is 0 Å². The monoisotopic (exact) mass is 225 g/mol. The van der Waals surface area contributed by atoms with E-state index in [1.165, 1.54) is 6.07 Å². The molecule has 1 unspecified atom stereocenters. The Morgan fingerprint density at radius 2 is 2.00 bits per heavy atom. The van der Waals surface area contributed by atoms with Crippen molar-refractivity contribution in [3.63, 3.8) is 0 Å². The SMILES string of the molecule is OCC(c1ccccc1F)N1CCOCC1. The molecule has 1 fully saturated rings. The highest BCUT2D eigenvalue weighted by Gasteiger charge is 2.23. The van der Waals surface area contributed by atoms with Gasteiger partial charge in [0.2, 0.25) is 0 Å². The molecular weight excluding hydrogens is 209 g/mol. The van der Waals surface area contributed by atoms with E-state index in [1.807, 2.05) is 0 Å². The Bertz CT molecular complexity index is 340. The lowest BCUT2D eigenvalue weighted by molar-refractivity contribution is 0.00173. The lowest BCUT2D eigenvalue weighted by atomic mass is 10.0. The Labute approximate surface area is 94.4 Å². The molecule has 0 aliphatic carbocycles. The predicted molar refractivity (Wildman–Crippen MR) is 58.6 cm³/mol. The first-order chi connectivity index (χ1) is 7.83. The zero-order valence-corrected chi connectivity index (χ0v) is 9.10. The summed E-state index contributed by atoms with van der Waals surface area (Å²) in [4.78, 5) is 2.06. The number of morpholine rings is 1. The number of rotatable bonds is 3. The molecule has 1 aromatic carbocycles. The van der Waals surface area contributed by atoms with E-state index in [9.17, 15) is 9.50 Å². The zero-order chi connectivity index (χ0) is 11.4. The normalized spacial score (nSPS) is 19.6. The smallest absolute Gasteiger partial charge is 0.128 e. The fourth-order valence-electron chi connectivity index (χ4n) is 2.04. The molecule has 0 spiro atoms. The number of aliphatic hydroxyl groups excluding tert-OH is 1. The Morgan fingerprint density at radius 1 is 1.31 bits per heavy atom. The molecule has 3 nitrogen and oxygen atoms in total. The first-order valence-corrected chi connectivity index (χ1v) is 5.50. The molecule has 1 aliphatic heterocycles. The van der Waals surface area contributed by atoms with Gasteiger partial charge in [0, 0.05) is 18.7 Å². The maximum Gasteiger partial charge on any atom is 0.128 e. The molecule has 1 atom stereocenters.